The maximum absolute atomic E-state index is 12.4. The van der Waals surface area contributed by atoms with E-state index in [1.165, 1.54) is 0 Å². The molecule has 2 fully saturated rings. The second kappa shape index (κ2) is 5.80. The lowest BCUT2D eigenvalue weighted by atomic mass is 9.94. The summed E-state index contributed by atoms with van der Waals surface area (Å²) in [6, 6.07) is -0.398. The number of fused-ring (bicyclic) bond motifs is 1. The summed E-state index contributed by atoms with van der Waals surface area (Å²) < 4.78 is 0. The first-order valence-corrected chi connectivity index (χ1v) is 8.59. The largest absolute Gasteiger partial charge is 0.388 e. The zero-order chi connectivity index (χ0) is 15.8. The predicted molar refractivity (Wildman–Crippen MR) is 83.8 cm³/mol. The van der Waals surface area contributed by atoms with E-state index in [4.69, 9.17) is 0 Å². The quantitative estimate of drug-likeness (QED) is 0.804. The van der Waals surface area contributed by atoms with Crippen LogP contribution in [0.1, 0.15) is 47.0 Å². The number of thioether (sulfide) groups is 1. The van der Waals surface area contributed by atoms with Crippen LogP contribution in [0.25, 0.3) is 0 Å². The molecule has 0 spiro atoms. The number of hydrogen-bond acceptors (Lipinski definition) is 4. The summed E-state index contributed by atoms with van der Waals surface area (Å²) in [5.74, 6) is 0.921. The molecule has 0 aliphatic carbocycles. The predicted octanol–water partition coefficient (Wildman–Crippen LogP) is 1.35. The Morgan fingerprint density at radius 1 is 1.62 bits per heavy atom. The van der Waals surface area contributed by atoms with Crippen molar-refractivity contribution >= 4 is 23.6 Å². The number of carbonyl (C=O) groups excluding carboxylic acids is 2. The molecule has 0 bridgehead atoms. The van der Waals surface area contributed by atoms with E-state index >= 15 is 0 Å². The highest BCUT2D eigenvalue weighted by molar-refractivity contribution is 8.01. The third kappa shape index (κ3) is 3.54. The van der Waals surface area contributed by atoms with Crippen molar-refractivity contribution in [2.24, 2.45) is 5.92 Å². The first-order chi connectivity index (χ1) is 9.65. The number of nitrogens with zero attached hydrogens (tertiary/aromatic N) is 1. The molecule has 120 valence electrons. The molecule has 0 aromatic rings. The summed E-state index contributed by atoms with van der Waals surface area (Å²) in [6.45, 7) is 8.08. The molecule has 2 saturated heterocycles. The number of nitrogens with one attached hydrogen (secondary N) is 1. The van der Waals surface area contributed by atoms with E-state index in [1.54, 1.807) is 23.6 Å². The second-order valence-corrected chi connectivity index (χ2v) is 8.58. The maximum atomic E-state index is 12.4. The molecule has 0 saturated carbocycles. The third-order valence-corrected chi connectivity index (χ3v) is 5.74. The monoisotopic (exact) mass is 314 g/mol. The van der Waals surface area contributed by atoms with E-state index in [1.807, 2.05) is 20.8 Å². The number of hydrogen-bond donors (Lipinski definition) is 2. The van der Waals surface area contributed by atoms with Gasteiger partial charge < -0.3 is 15.3 Å². The standard InChI is InChI=1S/C15H26N2O3S/c1-10(2)7-14(3,20)9-16-13(19)11-8-21-15(4)6-5-12(18)17(11)15/h10-11,20H,5-9H2,1-4H3,(H,16,19). The second-order valence-electron chi connectivity index (χ2n) is 7.08. The molecule has 2 heterocycles. The highest BCUT2D eigenvalue weighted by atomic mass is 32.2. The van der Waals surface area contributed by atoms with Gasteiger partial charge in [0.15, 0.2) is 0 Å². The Morgan fingerprint density at radius 2 is 2.29 bits per heavy atom. The molecule has 2 aliphatic heterocycles. The van der Waals surface area contributed by atoms with E-state index in [-0.39, 0.29) is 23.2 Å². The SMILES string of the molecule is CC(C)CC(C)(O)CNC(=O)C1CSC2(C)CCC(=O)N12. The summed E-state index contributed by atoms with van der Waals surface area (Å²) in [4.78, 5) is 25.9. The van der Waals surface area contributed by atoms with Crippen molar-refractivity contribution in [2.45, 2.75) is 63.5 Å². The lowest BCUT2D eigenvalue weighted by Gasteiger charge is -2.31. The summed E-state index contributed by atoms with van der Waals surface area (Å²) in [5, 5.41) is 13.1. The lowest BCUT2D eigenvalue weighted by Crippen LogP contribution is -2.52. The molecule has 0 aromatic heterocycles. The van der Waals surface area contributed by atoms with Crippen LogP contribution in [0.3, 0.4) is 0 Å². The zero-order valence-electron chi connectivity index (χ0n) is 13.3. The van der Waals surface area contributed by atoms with Crippen LogP contribution in [0, 0.1) is 5.92 Å². The van der Waals surface area contributed by atoms with Gasteiger partial charge in [-0.05, 0) is 32.6 Å². The van der Waals surface area contributed by atoms with Gasteiger partial charge in [-0.2, -0.15) is 0 Å². The number of amides is 2. The molecule has 0 aromatic carbocycles. The van der Waals surface area contributed by atoms with Gasteiger partial charge in [0.25, 0.3) is 0 Å². The van der Waals surface area contributed by atoms with E-state index in [9.17, 15) is 14.7 Å². The maximum Gasteiger partial charge on any atom is 0.243 e. The molecular formula is C15H26N2O3S. The van der Waals surface area contributed by atoms with Crippen LogP contribution in [0.4, 0.5) is 0 Å². The Bertz CT molecular complexity index is 439. The molecule has 0 radical (unpaired) electrons. The first kappa shape index (κ1) is 16.6. The van der Waals surface area contributed by atoms with Crippen molar-refractivity contribution < 1.29 is 14.7 Å². The van der Waals surface area contributed by atoms with Crippen molar-refractivity contribution in [2.75, 3.05) is 12.3 Å². The molecule has 2 aliphatic rings. The van der Waals surface area contributed by atoms with Crippen molar-refractivity contribution in [3.63, 3.8) is 0 Å². The molecule has 6 heteroatoms. The number of aliphatic hydroxyl groups is 1. The van der Waals surface area contributed by atoms with Crippen LogP contribution in [0.5, 0.6) is 0 Å². The molecule has 21 heavy (non-hydrogen) atoms. The average molecular weight is 314 g/mol. The van der Waals surface area contributed by atoms with Gasteiger partial charge in [0.05, 0.1) is 10.5 Å². The fourth-order valence-electron chi connectivity index (χ4n) is 3.36. The van der Waals surface area contributed by atoms with Crippen molar-refractivity contribution in [1.29, 1.82) is 0 Å². The summed E-state index contributed by atoms with van der Waals surface area (Å²) in [6.07, 6.45) is 1.97. The van der Waals surface area contributed by atoms with Gasteiger partial charge >= 0.3 is 0 Å². The Morgan fingerprint density at radius 3 is 2.90 bits per heavy atom. The van der Waals surface area contributed by atoms with Gasteiger partial charge in [0.2, 0.25) is 11.8 Å². The third-order valence-electron chi connectivity index (χ3n) is 4.24. The fourth-order valence-corrected chi connectivity index (χ4v) is 4.79. The van der Waals surface area contributed by atoms with Crippen LogP contribution in [-0.2, 0) is 9.59 Å². The lowest BCUT2D eigenvalue weighted by molar-refractivity contribution is -0.138. The smallest absolute Gasteiger partial charge is 0.243 e. The van der Waals surface area contributed by atoms with Gasteiger partial charge in [0.1, 0.15) is 6.04 Å². The topological polar surface area (TPSA) is 69.6 Å². The van der Waals surface area contributed by atoms with E-state index < -0.39 is 11.6 Å². The van der Waals surface area contributed by atoms with Crippen LogP contribution in [-0.4, -0.2) is 50.6 Å². The molecule has 3 unspecified atom stereocenters. The molecule has 3 atom stereocenters. The summed E-state index contributed by atoms with van der Waals surface area (Å²) >= 11 is 1.68. The van der Waals surface area contributed by atoms with E-state index in [0.717, 1.165) is 6.42 Å². The van der Waals surface area contributed by atoms with Crippen LogP contribution >= 0.6 is 11.8 Å². The summed E-state index contributed by atoms with van der Waals surface area (Å²) in [5.41, 5.74) is -0.909. The van der Waals surface area contributed by atoms with Crippen LogP contribution in [0.2, 0.25) is 0 Å². The van der Waals surface area contributed by atoms with Crippen molar-refractivity contribution in [1.82, 2.24) is 10.2 Å². The van der Waals surface area contributed by atoms with Gasteiger partial charge in [-0.1, -0.05) is 13.8 Å². The van der Waals surface area contributed by atoms with Crippen molar-refractivity contribution in [3.8, 4) is 0 Å². The van der Waals surface area contributed by atoms with Crippen molar-refractivity contribution in [3.05, 3.63) is 0 Å². The molecule has 2 rings (SSSR count). The normalized spacial score (nSPS) is 31.4. The average Bonchev–Trinajstić information content (AvgIpc) is 2.83. The molecular weight excluding hydrogens is 288 g/mol. The minimum Gasteiger partial charge on any atom is -0.388 e. The minimum absolute atomic E-state index is 0.0663. The Labute approximate surface area is 130 Å². The van der Waals surface area contributed by atoms with E-state index in [0.29, 0.717) is 24.5 Å². The van der Waals surface area contributed by atoms with Gasteiger partial charge in [-0.3, -0.25) is 9.59 Å². The van der Waals surface area contributed by atoms with Crippen LogP contribution in [0.15, 0.2) is 0 Å². The van der Waals surface area contributed by atoms with E-state index in [2.05, 4.69) is 5.32 Å². The van der Waals surface area contributed by atoms with Crippen LogP contribution < -0.4 is 5.32 Å². The van der Waals surface area contributed by atoms with Gasteiger partial charge in [-0.15, -0.1) is 11.8 Å². The highest BCUT2D eigenvalue weighted by Gasteiger charge is 2.52. The number of rotatable bonds is 5. The number of carbonyl (C=O) groups is 2. The summed E-state index contributed by atoms with van der Waals surface area (Å²) in [7, 11) is 0. The Hall–Kier alpha value is -0.750. The van der Waals surface area contributed by atoms with Gasteiger partial charge in [0, 0.05) is 18.7 Å². The molecule has 2 amide bonds. The zero-order valence-corrected chi connectivity index (χ0v) is 14.1. The fraction of sp³-hybridized carbons (Fsp3) is 0.867. The molecule has 5 nitrogen and oxygen atoms in total. The first-order valence-electron chi connectivity index (χ1n) is 7.61. The minimum atomic E-state index is -0.909. The Kier molecular flexibility index (Phi) is 4.59. The molecule has 2 N–H and O–H groups in total. The highest BCUT2D eigenvalue weighted by Crippen LogP contribution is 2.47. The van der Waals surface area contributed by atoms with Gasteiger partial charge in [-0.25, -0.2) is 0 Å². The Balaban J connectivity index is 1.94.